The van der Waals surface area contributed by atoms with Gasteiger partial charge in [-0.05, 0) is 36.0 Å². The van der Waals surface area contributed by atoms with Gasteiger partial charge in [0.1, 0.15) is 6.04 Å². The molecule has 0 heterocycles. The maximum absolute atomic E-state index is 12.5. The third kappa shape index (κ3) is 7.20. The quantitative estimate of drug-likeness (QED) is 0.694. The van der Waals surface area contributed by atoms with Crippen LogP contribution in [0, 0.1) is 22.7 Å². The molecule has 1 fully saturated rings. The van der Waals surface area contributed by atoms with Crippen molar-refractivity contribution >= 4 is 11.9 Å². The molecule has 3 atom stereocenters. The zero-order chi connectivity index (χ0) is 18.5. The molecule has 3 N–H and O–H groups in total. The Bertz CT molecular complexity index is 435. The van der Waals surface area contributed by atoms with Gasteiger partial charge in [0, 0.05) is 19.0 Å². The molecule has 0 bridgehead atoms. The van der Waals surface area contributed by atoms with Gasteiger partial charge in [-0.1, -0.05) is 48.0 Å². The van der Waals surface area contributed by atoms with Crippen molar-refractivity contribution in [3.63, 3.8) is 0 Å². The monoisotopic (exact) mass is 340 g/mol. The van der Waals surface area contributed by atoms with Gasteiger partial charge in [-0.3, -0.25) is 9.59 Å². The van der Waals surface area contributed by atoms with Crippen molar-refractivity contribution in [3.8, 4) is 0 Å². The highest BCUT2D eigenvalue weighted by molar-refractivity contribution is 5.80. The van der Waals surface area contributed by atoms with Crippen LogP contribution in [-0.2, 0) is 9.59 Å². The normalized spacial score (nSPS) is 23.6. The number of carboxylic acid groups (broad SMARTS) is 1. The molecule has 0 aromatic rings. The summed E-state index contributed by atoms with van der Waals surface area (Å²) in [5.74, 6) is -0.347. The van der Waals surface area contributed by atoms with Crippen molar-refractivity contribution in [1.82, 2.24) is 10.6 Å². The zero-order valence-electron chi connectivity index (χ0n) is 16.2. The maximum atomic E-state index is 12.5. The van der Waals surface area contributed by atoms with E-state index in [0.717, 1.165) is 19.3 Å². The molecular formula is C19H36N2O3. The van der Waals surface area contributed by atoms with Gasteiger partial charge in [0.05, 0.1) is 0 Å². The van der Waals surface area contributed by atoms with Crippen LogP contribution < -0.4 is 10.6 Å². The largest absolute Gasteiger partial charge is 0.480 e. The van der Waals surface area contributed by atoms with Gasteiger partial charge < -0.3 is 15.7 Å². The summed E-state index contributed by atoms with van der Waals surface area (Å²) in [5, 5.41) is 15.2. The lowest BCUT2D eigenvalue weighted by molar-refractivity contribution is -0.139. The molecule has 140 valence electrons. The van der Waals surface area contributed by atoms with Gasteiger partial charge in [-0.15, -0.1) is 0 Å². The Labute approximate surface area is 147 Å². The molecule has 0 aromatic heterocycles. The second-order valence-electron chi connectivity index (χ2n) is 9.50. The first-order valence-corrected chi connectivity index (χ1v) is 9.14. The zero-order valence-corrected chi connectivity index (χ0v) is 16.2. The minimum atomic E-state index is -0.921. The minimum Gasteiger partial charge on any atom is -0.480 e. The fraction of sp³-hybridized carbons (Fsp3) is 0.895. The molecule has 1 amide bonds. The number of hydrogen-bond acceptors (Lipinski definition) is 3. The van der Waals surface area contributed by atoms with Gasteiger partial charge in [0.2, 0.25) is 5.91 Å². The Kier molecular flexibility index (Phi) is 7.26. The molecule has 0 aliphatic heterocycles. The van der Waals surface area contributed by atoms with E-state index in [-0.39, 0.29) is 29.2 Å². The number of aliphatic carboxylic acids is 1. The third-order valence-corrected chi connectivity index (χ3v) is 4.93. The van der Waals surface area contributed by atoms with Crippen LogP contribution in [0.2, 0.25) is 0 Å². The predicted molar refractivity (Wildman–Crippen MR) is 96.8 cm³/mol. The second-order valence-corrected chi connectivity index (χ2v) is 9.50. The standard InChI is InChI=1S/C19H36N2O3/c1-18(2,3)12-21-15(17(23)24)11-20-16(22)13-8-7-9-14(10-13)19(4,5)6/h13-15,21H,7-12H2,1-6H3,(H,20,22)(H,23,24)/t13?,14?,15-/m1/s1. The molecular weight excluding hydrogens is 304 g/mol. The molecule has 0 radical (unpaired) electrons. The molecule has 1 aliphatic rings. The molecule has 0 aromatic carbocycles. The van der Waals surface area contributed by atoms with E-state index in [2.05, 4.69) is 31.4 Å². The van der Waals surface area contributed by atoms with E-state index < -0.39 is 12.0 Å². The van der Waals surface area contributed by atoms with E-state index >= 15 is 0 Å². The van der Waals surface area contributed by atoms with E-state index in [0.29, 0.717) is 12.5 Å². The average molecular weight is 341 g/mol. The lowest BCUT2D eigenvalue weighted by Gasteiger charge is -2.37. The van der Waals surface area contributed by atoms with Crippen LogP contribution >= 0.6 is 0 Å². The van der Waals surface area contributed by atoms with Gasteiger partial charge in [-0.25, -0.2) is 0 Å². The Hall–Kier alpha value is -1.10. The molecule has 5 nitrogen and oxygen atoms in total. The van der Waals surface area contributed by atoms with Crippen molar-refractivity contribution in [2.45, 2.75) is 73.3 Å². The van der Waals surface area contributed by atoms with Crippen LogP contribution in [0.15, 0.2) is 0 Å². The molecule has 1 aliphatic carbocycles. The minimum absolute atomic E-state index is 0.00100. The second kappa shape index (κ2) is 8.32. The fourth-order valence-electron chi connectivity index (χ4n) is 3.24. The first-order chi connectivity index (χ1) is 10.9. The summed E-state index contributed by atoms with van der Waals surface area (Å²) >= 11 is 0. The molecule has 1 rings (SSSR count). The number of carboxylic acids is 1. The van der Waals surface area contributed by atoms with E-state index in [1.165, 1.54) is 6.42 Å². The maximum Gasteiger partial charge on any atom is 0.322 e. The molecule has 5 heteroatoms. The highest BCUT2D eigenvalue weighted by atomic mass is 16.4. The van der Waals surface area contributed by atoms with E-state index in [9.17, 15) is 14.7 Å². The van der Waals surface area contributed by atoms with Crippen molar-refractivity contribution < 1.29 is 14.7 Å². The lowest BCUT2D eigenvalue weighted by atomic mass is 9.69. The van der Waals surface area contributed by atoms with E-state index in [1.807, 2.05) is 20.8 Å². The Morgan fingerprint density at radius 2 is 1.75 bits per heavy atom. The van der Waals surface area contributed by atoms with Gasteiger partial charge in [0.25, 0.3) is 0 Å². The summed E-state index contributed by atoms with van der Waals surface area (Å²) < 4.78 is 0. The van der Waals surface area contributed by atoms with Crippen molar-refractivity contribution in [3.05, 3.63) is 0 Å². The number of carbonyl (C=O) groups is 2. The van der Waals surface area contributed by atoms with Crippen LogP contribution in [-0.4, -0.2) is 36.1 Å². The number of carbonyl (C=O) groups excluding carboxylic acids is 1. The van der Waals surface area contributed by atoms with Gasteiger partial charge >= 0.3 is 5.97 Å². The van der Waals surface area contributed by atoms with Gasteiger partial charge in [0.15, 0.2) is 0 Å². The third-order valence-electron chi connectivity index (χ3n) is 4.93. The summed E-state index contributed by atoms with van der Waals surface area (Å²) in [6, 6.07) is -0.741. The van der Waals surface area contributed by atoms with Crippen LogP contribution in [0.5, 0.6) is 0 Å². The van der Waals surface area contributed by atoms with E-state index in [1.54, 1.807) is 0 Å². The average Bonchev–Trinajstić information content (AvgIpc) is 2.44. The predicted octanol–water partition coefficient (Wildman–Crippen LogP) is 3.04. The number of hydrogen-bond donors (Lipinski definition) is 3. The topological polar surface area (TPSA) is 78.4 Å². The summed E-state index contributed by atoms with van der Waals surface area (Å²) in [6.07, 6.45) is 4.07. The van der Waals surface area contributed by atoms with Crippen LogP contribution in [0.25, 0.3) is 0 Å². The molecule has 1 saturated carbocycles. The number of rotatable bonds is 6. The van der Waals surface area contributed by atoms with Crippen molar-refractivity contribution in [2.75, 3.05) is 13.1 Å². The number of amides is 1. The summed E-state index contributed by atoms with van der Waals surface area (Å²) in [6.45, 7) is 13.6. The molecule has 0 saturated heterocycles. The summed E-state index contributed by atoms with van der Waals surface area (Å²) in [4.78, 5) is 23.8. The summed E-state index contributed by atoms with van der Waals surface area (Å²) in [7, 11) is 0. The lowest BCUT2D eigenvalue weighted by Crippen LogP contribution is -2.49. The smallest absolute Gasteiger partial charge is 0.322 e. The Morgan fingerprint density at radius 1 is 1.12 bits per heavy atom. The fourth-order valence-corrected chi connectivity index (χ4v) is 3.24. The number of nitrogens with one attached hydrogen (secondary N) is 2. The van der Waals surface area contributed by atoms with Gasteiger partial charge in [-0.2, -0.15) is 0 Å². The van der Waals surface area contributed by atoms with Crippen molar-refractivity contribution in [2.24, 2.45) is 22.7 Å². The Morgan fingerprint density at radius 3 is 2.25 bits per heavy atom. The molecule has 0 spiro atoms. The highest BCUT2D eigenvalue weighted by Gasteiger charge is 2.33. The SMILES string of the molecule is CC(C)(C)CN[C@H](CNC(=O)C1CCCC(C(C)(C)C)C1)C(=O)O. The first kappa shape index (κ1) is 20.9. The van der Waals surface area contributed by atoms with Crippen molar-refractivity contribution in [1.29, 1.82) is 0 Å². The molecule has 2 unspecified atom stereocenters. The van der Waals surface area contributed by atoms with Crippen LogP contribution in [0.3, 0.4) is 0 Å². The summed E-state index contributed by atoms with van der Waals surface area (Å²) in [5.41, 5.74) is 0.220. The first-order valence-electron chi connectivity index (χ1n) is 9.14. The van der Waals surface area contributed by atoms with Crippen LogP contribution in [0.4, 0.5) is 0 Å². The van der Waals surface area contributed by atoms with E-state index in [4.69, 9.17) is 0 Å². The molecule has 24 heavy (non-hydrogen) atoms. The Balaban J connectivity index is 2.52. The highest BCUT2D eigenvalue weighted by Crippen LogP contribution is 2.40. The van der Waals surface area contributed by atoms with Crippen LogP contribution in [0.1, 0.15) is 67.2 Å².